The molecule has 0 aliphatic carbocycles. The van der Waals surface area contributed by atoms with Gasteiger partial charge >= 0.3 is 5.97 Å². The number of piperidine rings is 1. The van der Waals surface area contributed by atoms with Crippen molar-refractivity contribution >= 4 is 17.6 Å². The second kappa shape index (κ2) is 7.02. The van der Waals surface area contributed by atoms with E-state index in [1.807, 2.05) is 0 Å². The SMILES string of the molecule is CCOC(=O)[C@H]1CCCN(C(=O)c2ccc([N+](=O)[O-])cc2)C1. The molecular weight excluding hydrogens is 288 g/mol. The van der Waals surface area contributed by atoms with E-state index in [4.69, 9.17) is 4.74 Å². The van der Waals surface area contributed by atoms with Gasteiger partial charge in [0.2, 0.25) is 0 Å². The van der Waals surface area contributed by atoms with Gasteiger partial charge in [-0.05, 0) is 31.9 Å². The first kappa shape index (κ1) is 15.9. The summed E-state index contributed by atoms with van der Waals surface area (Å²) in [6.45, 7) is 2.98. The molecule has 22 heavy (non-hydrogen) atoms. The molecule has 0 saturated carbocycles. The highest BCUT2D eigenvalue weighted by Gasteiger charge is 2.29. The number of nitro benzene ring substituents is 1. The molecule has 1 aromatic carbocycles. The summed E-state index contributed by atoms with van der Waals surface area (Å²) >= 11 is 0. The summed E-state index contributed by atoms with van der Waals surface area (Å²) in [5.41, 5.74) is 0.328. The lowest BCUT2D eigenvalue weighted by molar-refractivity contribution is -0.384. The van der Waals surface area contributed by atoms with Gasteiger partial charge in [0.1, 0.15) is 0 Å². The Bertz CT molecular complexity index is 570. The molecule has 7 heteroatoms. The molecule has 0 aromatic heterocycles. The number of benzene rings is 1. The van der Waals surface area contributed by atoms with E-state index in [9.17, 15) is 19.7 Å². The number of hydrogen-bond acceptors (Lipinski definition) is 5. The third-order valence-corrected chi connectivity index (χ3v) is 3.65. The Morgan fingerprint density at radius 2 is 2.05 bits per heavy atom. The lowest BCUT2D eigenvalue weighted by Gasteiger charge is -2.31. The zero-order valence-electron chi connectivity index (χ0n) is 12.4. The van der Waals surface area contributed by atoms with Gasteiger partial charge in [-0.15, -0.1) is 0 Å². The molecular formula is C15H18N2O5. The third-order valence-electron chi connectivity index (χ3n) is 3.65. The van der Waals surface area contributed by atoms with Gasteiger partial charge in [0, 0.05) is 30.8 Å². The summed E-state index contributed by atoms with van der Waals surface area (Å²) in [5.74, 6) is -0.789. The van der Waals surface area contributed by atoms with Crippen LogP contribution in [0, 0.1) is 16.0 Å². The second-order valence-electron chi connectivity index (χ2n) is 5.15. The molecule has 1 fully saturated rings. The topological polar surface area (TPSA) is 89.8 Å². The zero-order valence-corrected chi connectivity index (χ0v) is 12.4. The lowest BCUT2D eigenvalue weighted by Crippen LogP contribution is -2.42. The molecule has 0 radical (unpaired) electrons. The van der Waals surface area contributed by atoms with Crippen LogP contribution < -0.4 is 0 Å². The summed E-state index contributed by atoms with van der Waals surface area (Å²) in [5, 5.41) is 10.6. The Balaban J connectivity index is 2.05. The van der Waals surface area contributed by atoms with Crippen molar-refractivity contribution in [3.63, 3.8) is 0 Å². The Morgan fingerprint density at radius 3 is 2.64 bits per heavy atom. The van der Waals surface area contributed by atoms with Crippen LogP contribution in [-0.2, 0) is 9.53 Å². The Labute approximate surface area is 128 Å². The van der Waals surface area contributed by atoms with Crippen molar-refractivity contribution < 1.29 is 19.2 Å². The summed E-state index contributed by atoms with van der Waals surface area (Å²) in [6, 6.07) is 5.49. The van der Waals surface area contributed by atoms with Crippen molar-refractivity contribution in [2.75, 3.05) is 19.7 Å². The van der Waals surface area contributed by atoms with E-state index >= 15 is 0 Å². The van der Waals surface area contributed by atoms with Crippen LogP contribution >= 0.6 is 0 Å². The number of esters is 1. The molecule has 0 bridgehead atoms. The maximum absolute atomic E-state index is 12.4. The van der Waals surface area contributed by atoms with E-state index < -0.39 is 4.92 Å². The van der Waals surface area contributed by atoms with Crippen molar-refractivity contribution in [2.45, 2.75) is 19.8 Å². The van der Waals surface area contributed by atoms with Crippen molar-refractivity contribution in [2.24, 2.45) is 5.92 Å². The van der Waals surface area contributed by atoms with Crippen molar-refractivity contribution in [1.82, 2.24) is 4.90 Å². The number of hydrogen-bond donors (Lipinski definition) is 0. The molecule has 7 nitrogen and oxygen atoms in total. The largest absolute Gasteiger partial charge is 0.466 e. The predicted molar refractivity (Wildman–Crippen MR) is 78.4 cm³/mol. The smallest absolute Gasteiger partial charge is 0.310 e. The van der Waals surface area contributed by atoms with Crippen molar-refractivity contribution in [1.29, 1.82) is 0 Å². The van der Waals surface area contributed by atoms with Gasteiger partial charge in [0.25, 0.3) is 11.6 Å². The van der Waals surface area contributed by atoms with Crippen LogP contribution in [0.1, 0.15) is 30.1 Å². The number of likely N-dealkylation sites (tertiary alicyclic amines) is 1. The number of rotatable bonds is 4. The van der Waals surface area contributed by atoms with E-state index in [1.54, 1.807) is 11.8 Å². The zero-order chi connectivity index (χ0) is 16.1. The van der Waals surface area contributed by atoms with Crippen LogP contribution in [-0.4, -0.2) is 41.4 Å². The fourth-order valence-corrected chi connectivity index (χ4v) is 2.52. The Kier molecular flexibility index (Phi) is 5.08. The predicted octanol–water partition coefficient (Wildman–Crippen LogP) is 2.01. The van der Waals surface area contributed by atoms with E-state index in [-0.39, 0.29) is 23.5 Å². The highest BCUT2D eigenvalue weighted by atomic mass is 16.6. The number of non-ortho nitro benzene ring substituents is 1. The average molecular weight is 306 g/mol. The molecule has 2 rings (SSSR count). The maximum Gasteiger partial charge on any atom is 0.310 e. The van der Waals surface area contributed by atoms with Crippen LogP contribution in [0.2, 0.25) is 0 Å². The number of ether oxygens (including phenoxy) is 1. The fourth-order valence-electron chi connectivity index (χ4n) is 2.52. The van der Waals surface area contributed by atoms with Gasteiger partial charge in [0.05, 0.1) is 17.4 Å². The van der Waals surface area contributed by atoms with Gasteiger partial charge < -0.3 is 9.64 Å². The number of carbonyl (C=O) groups is 2. The molecule has 1 atom stereocenters. The van der Waals surface area contributed by atoms with Crippen LogP contribution in [0.25, 0.3) is 0 Å². The Hall–Kier alpha value is -2.44. The molecule has 1 aliphatic rings. The van der Waals surface area contributed by atoms with E-state index in [2.05, 4.69) is 0 Å². The number of carbonyl (C=O) groups excluding carboxylic acids is 2. The summed E-state index contributed by atoms with van der Waals surface area (Å²) in [4.78, 5) is 35.9. The molecule has 1 saturated heterocycles. The molecule has 0 N–H and O–H groups in total. The minimum absolute atomic E-state index is 0.0559. The van der Waals surface area contributed by atoms with Crippen molar-refractivity contribution in [3.8, 4) is 0 Å². The van der Waals surface area contributed by atoms with Gasteiger partial charge in [0.15, 0.2) is 0 Å². The molecule has 0 unspecified atom stereocenters. The Morgan fingerprint density at radius 1 is 1.36 bits per heavy atom. The van der Waals surface area contributed by atoms with Crippen LogP contribution in [0.4, 0.5) is 5.69 Å². The van der Waals surface area contributed by atoms with E-state index in [0.29, 0.717) is 31.7 Å². The lowest BCUT2D eigenvalue weighted by atomic mass is 9.97. The quantitative estimate of drug-likeness (QED) is 0.482. The minimum atomic E-state index is -0.508. The first-order valence-corrected chi connectivity index (χ1v) is 7.23. The molecule has 1 aromatic rings. The second-order valence-corrected chi connectivity index (χ2v) is 5.15. The monoisotopic (exact) mass is 306 g/mol. The average Bonchev–Trinajstić information content (AvgIpc) is 2.54. The van der Waals surface area contributed by atoms with E-state index in [1.165, 1.54) is 24.3 Å². The van der Waals surface area contributed by atoms with Crippen LogP contribution in [0.5, 0.6) is 0 Å². The van der Waals surface area contributed by atoms with E-state index in [0.717, 1.165) is 6.42 Å². The summed E-state index contributed by atoms with van der Waals surface area (Å²) in [7, 11) is 0. The highest BCUT2D eigenvalue weighted by molar-refractivity contribution is 5.94. The normalized spacial score (nSPS) is 17.9. The molecule has 1 amide bonds. The number of nitro groups is 1. The first-order chi connectivity index (χ1) is 10.5. The third kappa shape index (κ3) is 3.60. The minimum Gasteiger partial charge on any atom is -0.466 e. The molecule has 1 aliphatic heterocycles. The van der Waals surface area contributed by atoms with Gasteiger partial charge in [-0.3, -0.25) is 19.7 Å². The maximum atomic E-state index is 12.4. The number of amides is 1. The van der Waals surface area contributed by atoms with Crippen LogP contribution in [0.3, 0.4) is 0 Å². The van der Waals surface area contributed by atoms with Gasteiger partial charge in [-0.25, -0.2) is 0 Å². The standard InChI is InChI=1S/C15H18N2O5/c1-2-22-15(19)12-4-3-9-16(10-12)14(18)11-5-7-13(8-6-11)17(20)21/h5-8,12H,2-4,9-10H2,1H3/t12-/m0/s1. The summed E-state index contributed by atoms with van der Waals surface area (Å²) < 4.78 is 5.01. The highest BCUT2D eigenvalue weighted by Crippen LogP contribution is 2.21. The summed E-state index contributed by atoms with van der Waals surface area (Å²) in [6.07, 6.45) is 1.45. The first-order valence-electron chi connectivity index (χ1n) is 7.23. The number of nitrogens with zero attached hydrogens (tertiary/aromatic N) is 2. The van der Waals surface area contributed by atoms with Crippen molar-refractivity contribution in [3.05, 3.63) is 39.9 Å². The molecule has 118 valence electrons. The molecule has 1 heterocycles. The molecule has 0 spiro atoms. The van der Waals surface area contributed by atoms with Gasteiger partial charge in [-0.1, -0.05) is 0 Å². The fraction of sp³-hybridized carbons (Fsp3) is 0.467. The van der Waals surface area contributed by atoms with Gasteiger partial charge in [-0.2, -0.15) is 0 Å². The van der Waals surface area contributed by atoms with Crippen LogP contribution in [0.15, 0.2) is 24.3 Å².